The Morgan fingerprint density at radius 3 is 2.55 bits per heavy atom. The molecule has 4 N–H and O–H groups in total. The summed E-state index contributed by atoms with van der Waals surface area (Å²) in [7, 11) is 1.33. The van der Waals surface area contributed by atoms with E-state index in [9.17, 15) is 19.2 Å². The number of hydrogen-bond donors (Lipinski definition) is 4. The van der Waals surface area contributed by atoms with E-state index in [1.54, 1.807) is 39.0 Å². The quantitative estimate of drug-likeness (QED) is 0.188. The van der Waals surface area contributed by atoms with Gasteiger partial charge in [-0.2, -0.15) is 0 Å². The van der Waals surface area contributed by atoms with Crippen molar-refractivity contribution in [2.45, 2.75) is 71.3 Å². The third-order valence-corrected chi connectivity index (χ3v) is 7.79. The molecule has 11 heteroatoms. The van der Waals surface area contributed by atoms with Crippen LogP contribution in [0.1, 0.15) is 80.1 Å². The third-order valence-electron chi connectivity index (χ3n) is 7.33. The van der Waals surface area contributed by atoms with Gasteiger partial charge in [-0.15, -0.1) is 0 Å². The Bertz CT molecular complexity index is 1540. The van der Waals surface area contributed by atoms with Crippen LogP contribution < -0.4 is 10.6 Å². The number of carboxylic acid groups (broad SMARTS) is 1. The summed E-state index contributed by atoms with van der Waals surface area (Å²) in [5.41, 5.74) is 4.04. The van der Waals surface area contributed by atoms with E-state index >= 15 is 0 Å². The number of carbonyl (C=O) groups excluding carboxylic acids is 3. The Morgan fingerprint density at radius 1 is 1.14 bits per heavy atom. The second kappa shape index (κ2) is 12.6. The molecular formula is C31H36BrN3O7. The first-order valence-corrected chi connectivity index (χ1v) is 14.6. The molecule has 1 aliphatic carbocycles. The van der Waals surface area contributed by atoms with Crippen molar-refractivity contribution in [3.8, 4) is 0 Å². The normalized spacial score (nSPS) is 15.1. The first-order chi connectivity index (χ1) is 19.8. The minimum absolute atomic E-state index is 0.0368. The van der Waals surface area contributed by atoms with Crippen LogP contribution in [0, 0.1) is 5.92 Å². The number of halogens is 1. The highest BCUT2D eigenvalue weighted by molar-refractivity contribution is 9.10. The Balaban J connectivity index is 1.61. The molecule has 0 spiro atoms. The van der Waals surface area contributed by atoms with E-state index in [-0.39, 0.29) is 18.2 Å². The number of amides is 2. The summed E-state index contributed by atoms with van der Waals surface area (Å²) in [4.78, 5) is 53.1. The summed E-state index contributed by atoms with van der Waals surface area (Å²) in [5.74, 6) is -2.39. The molecule has 1 heterocycles. The van der Waals surface area contributed by atoms with Crippen LogP contribution in [0.5, 0.6) is 0 Å². The zero-order valence-corrected chi connectivity index (χ0v) is 25.9. The molecule has 1 aliphatic rings. The highest BCUT2D eigenvalue weighted by Crippen LogP contribution is 2.44. The molecule has 2 unspecified atom stereocenters. The van der Waals surface area contributed by atoms with Gasteiger partial charge >= 0.3 is 18.0 Å². The van der Waals surface area contributed by atoms with Crippen LogP contribution in [0.4, 0.5) is 16.2 Å². The number of esters is 1. The van der Waals surface area contributed by atoms with Gasteiger partial charge < -0.3 is 24.9 Å². The first-order valence-electron chi connectivity index (χ1n) is 13.8. The van der Waals surface area contributed by atoms with Gasteiger partial charge in [-0.1, -0.05) is 22.9 Å². The number of ether oxygens (including phenoxy) is 2. The van der Waals surface area contributed by atoms with Gasteiger partial charge in [-0.25, -0.2) is 9.59 Å². The van der Waals surface area contributed by atoms with Crippen molar-refractivity contribution in [1.82, 2.24) is 4.98 Å². The molecule has 42 heavy (non-hydrogen) atoms. The number of carbonyl (C=O) groups is 4. The van der Waals surface area contributed by atoms with Crippen LogP contribution in [-0.4, -0.2) is 46.7 Å². The summed E-state index contributed by atoms with van der Waals surface area (Å²) in [6, 6.07) is 9.02. The molecule has 0 saturated carbocycles. The average molecular weight is 643 g/mol. The van der Waals surface area contributed by atoms with Gasteiger partial charge in [0.2, 0.25) is 5.91 Å². The minimum Gasteiger partial charge on any atom is -0.481 e. The molecule has 3 aromatic rings. The number of rotatable bonds is 9. The van der Waals surface area contributed by atoms with Crippen molar-refractivity contribution in [2.24, 2.45) is 5.92 Å². The molecular weight excluding hydrogens is 606 g/mol. The van der Waals surface area contributed by atoms with E-state index in [1.165, 1.54) is 7.11 Å². The number of aromatic amines is 1. The summed E-state index contributed by atoms with van der Waals surface area (Å²) >= 11 is 3.54. The lowest BCUT2D eigenvalue weighted by Crippen LogP contribution is -2.29. The van der Waals surface area contributed by atoms with E-state index < -0.39 is 29.6 Å². The lowest BCUT2D eigenvalue weighted by atomic mass is 9.76. The molecule has 0 saturated heterocycles. The summed E-state index contributed by atoms with van der Waals surface area (Å²) in [5, 5.41) is 15.8. The summed E-state index contributed by atoms with van der Waals surface area (Å²) < 4.78 is 11.3. The molecule has 10 nitrogen and oxygen atoms in total. The van der Waals surface area contributed by atoms with Gasteiger partial charge in [0, 0.05) is 39.1 Å². The molecule has 2 amide bonds. The SMILES string of the molecule is COC(=O)c1[nH]c2cc(Br)cc3c2c1C(C(C)C(=O)Nc1ccc(NC(=O)OC(C)(C)C)cc1CCCC(=O)O)CC3. The van der Waals surface area contributed by atoms with Crippen molar-refractivity contribution < 1.29 is 33.8 Å². The maximum Gasteiger partial charge on any atom is 0.412 e. The maximum absolute atomic E-state index is 13.7. The number of anilines is 2. The van der Waals surface area contributed by atoms with Crippen molar-refractivity contribution >= 4 is 62.1 Å². The standard InChI is InChI=1S/C31H36BrN3O7/c1-16(21-11-9-18-13-19(32)15-23-25(18)26(21)27(34-23)29(39)41-5)28(38)35-22-12-10-20(33-30(40)42-31(2,3)4)14-17(22)7-6-8-24(36)37/h10,12-16,21,34H,6-9,11H2,1-5H3,(H,33,40)(H,35,38)(H,36,37). The Kier molecular flexibility index (Phi) is 9.30. The van der Waals surface area contributed by atoms with Crippen LogP contribution in [-0.2, 0) is 31.9 Å². The zero-order valence-electron chi connectivity index (χ0n) is 24.4. The maximum atomic E-state index is 13.7. The number of aromatic nitrogens is 1. The molecule has 2 atom stereocenters. The zero-order chi connectivity index (χ0) is 30.8. The van der Waals surface area contributed by atoms with Gasteiger partial charge in [0.25, 0.3) is 0 Å². The lowest BCUT2D eigenvalue weighted by Gasteiger charge is -2.28. The molecule has 224 valence electrons. The fraction of sp³-hybridized carbons (Fsp3) is 0.419. The number of methoxy groups -OCH3 is 1. The van der Waals surface area contributed by atoms with Gasteiger partial charge in [-0.05, 0) is 99.4 Å². The monoisotopic (exact) mass is 641 g/mol. The summed E-state index contributed by atoms with van der Waals surface area (Å²) in [6.07, 6.45) is 1.48. The number of nitrogens with one attached hydrogen (secondary N) is 3. The van der Waals surface area contributed by atoms with Crippen LogP contribution in [0.3, 0.4) is 0 Å². The molecule has 4 rings (SSSR count). The number of H-pyrrole nitrogens is 1. The lowest BCUT2D eigenvalue weighted by molar-refractivity contribution is -0.137. The predicted molar refractivity (Wildman–Crippen MR) is 163 cm³/mol. The van der Waals surface area contributed by atoms with Crippen molar-refractivity contribution in [2.75, 3.05) is 17.7 Å². The second-order valence-corrected chi connectivity index (χ2v) is 12.5. The smallest absolute Gasteiger partial charge is 0.412 e. The van der Waals surface area contributed by atoms with Gasteiger partial charge in [0.1, 0.15) is 11.3 Å². The minimum atomic E-state index is -0.916. The van der Waals surface area contributed by atoms with E-state index in [4.69, 9.17) is 14.6 Å². The Labute approximate surface area is 252 Å². The average Bonchev–Trinajstić information content (AvgIpc) is 3.28. The molecule has 2 aromatic carbocycles. The first kappa shape index (κ1) is 31.1. The van der Waals surface area contributed by atoms with E-state index in [0.29, 0.717) is 41.9 Å². The van der Waals surface area contributed by atoms with Crippen LogP contribution >= 0.6 is 15.9 Å². The summed E-state index contributed by atoms with van der Waals surface area (Å²) in [6.45, 7) is 7.13. The molecule has 0 fully saturated rings. The fourth-order valence-electron chi connectivity index (χ4n) is 5.47. The third kappa shape index (κ3) is 7.13. The molecule has 0 radical (unpaired) electrons. The van der Waals surface area contributed by atoms with E-state index in [2.05, 4.69) is 31.5 Å². The highest BCUT2D eigenvalue weighted by atomic mass is 79.9. The molecule has 0 bridgehead atoms. The second-order valence-electron chi connectivity index (χ2n) is 11.6. The van der Waals surface area contributed by atoms with Gasteiger partial charge in [-0.3, -0.25) is 14.9 Å². The van der Waals surface area contributed by atoms with Gasteiger partial charge in [0.15, 0.2) is 0 Å². The van der Waals surface area contributed by atoms with Crippen LogP contribution in [0.2, 0.25) is 0 Å². The van der Waals surface area contributed by atoms with E-state index in [0.717, 1.165) is 32.9 Å². The number of carboxylic acids is 1. The van der Waals surface area contributed by atoms with Crippen molar-refractivity contribution in [3.05, 3.63) is 57.2 Å². The number of benzene rings is 2. The number of aliphatic carboxylic acids is 1. The van der Waals surface area contributed by atoms with Crippen molar-refractivity contribution in [3.63, 3.8) is 0 Å². The molecule has 0 aliphatic heterocycles. The van der Waals surface area contributed by atoms with Crippen LogP contribution in [0.25, 0.3) is 10.9 Å². The topological polar surface area (TPSA) is 147 Å². The fourth-order valence-corrected chi connectivity index (χ4v) is 5.98. The number of aryl methyl sites for hydroxylation is 2. The van der Waals surface area contributed by atoms with Crippen molar-refractivity contribution in [1.29, 1.82) is 0 Å². The number of hydrogen-bond acceptors (Lipinski definition) is 6. The molecule has 1 aromatic heterocycles. The van der Waals surface area contributed by atoms with Crippen LogP contribution in [0.15, 0.2) is 34.8 Å². The Hall–Kier alpha value is -3.86. The van der Waals surface area contributed by atoms with Gasteiger partial charge in [0.05, 0.1) is 7.11 Å². The Morgan fingerprint density at radius 2 is 1.88 bits per heavy atom. The predicted octanol–water partition coefficient (Wildman–Crippen LogP) is 6.78. The largest absolute Gasteiger partial charge is 0.481 e. The highest BCUT2D eigenvalue weighted by Gasteiger charge is 2.36. The van der Waals surface area contributed by atoms with E-state index in [1.807, 2.05) is 19.1 Å².